The molecule has 0 spiro atoms. The van der Waals surface area contributed by atoms with Gasteiger partial charge in [-0.15, -0.1) is 0 Å². The van der Waals surface area contributed by atoms with Crippen molar-refractivity contribution in [3.63, 3.8) is 0 Å². The number of morpholine rings is 1. The molecule has 2 aromatic heterocycles. The summed E-state index contributed by atoms with van der Waals surface area (Å²) in [6, 6.07) is 8.33. The Morgan fingerprint density at radius 1 is 1.22 bits per heavy atom. The van der Waals surface area contributed by atoms with Crippen LogP contribution >= 0.6 is 0 Å². The van der Waals surface area contributed by atoms with Crippen LogP contribution < -0.4 is 15.8 Å². The maximum absolute atomic E-state index is 5.60. The molecule has 0 amide bonds. The van der Waals surface area contributed by atoms with Crippen LogP contribution in [-0.2, 0) is 11.8 Å². The van der Waals surface area contributed by atoms with Gasteiger partial charge < -0.3 is 19.6 Å². The van der Waals surface area contributed by atoms with E-state index in [4.69, 9.17) is 14.7 Å². The Morgan fingerprint density at radius 3 is 2.78 bits per heavy atom. The van der Waals surface area contributed by atoms with E-state index in [-0.39, 0.29) is 6.04 Å². The predicted octanol–water partition coefficient (Wildman–Crippen LogP) is 2.19. The van der Waals surface area contributed by atoms with Crippen LogP contribution in [-0.4, -0.2) is 51.9 Å². The fourth-order valence-electron chi connectivity index (χ4n) is 3.30. The predicted molar refractivity (Wildman–Crippen MR) is 107 cm³/mol. The number of nitrogens with zero attached hydrogens (tertiary/aromatic N) is 5. The summed E-state index contributed by atoms with van der Waals surface area (Å²) in [6.45, 7) is 7.26. The topological polar surface area (TPSA) is 80.1 Å². The summed E-state index contributed by atoms with van der Waals surface area (Å²) in [7, 11) is 1.98. The van der Waals surface area contributed by atoms with Crippen molar-refractivity contribution in [2.24, 2.45) is 7.05 Å². The second-order valence-corrected chi connectivity index (χ2v) is 6.75. The molecule has 0 radical (unpaired) electrons. The smallest absolute Gasteiger partial charge is 0.183 e. The summed E-state index contributed by atoms with van der Waals surface area (Å²) in [6.07, 6.45) is 1.79. The van der Waals surface area contributed by atoms with Crippen molar-refractivity contribution in [3.8, 4) is 11.4 Å². The van der Waals surface area contributed by atoms with Gasteiger partial charge in [-0.05, 0) is 31.2 Å². The lowest BCUT2D eigenvalue weighted by Gasteiger charge is -2.34. The monoisotopic (exact) mass is 367 g/mol. The molecule has 2 N–H and O–H groups in total. The number of hydrogen-bond donors (Lipinski definition) is 2. The molecule has 0 bridgehead atoms. The number of hydrogen-bond acceptors (Lipinski definition) is 7. The number of imidazole rings is 1. The molecule has 4 rings (SSSR count). The first-order valence-electron chi connectivity index (χ1n) is 9.30. The average Bonchev–Trinajstić information content (AvgIpc) is 3.07. The highest BCUT2D eigenvalue weighted by Gasteiger charge is 2.25. The van der Waals surface area contributed by atoms with Crippen molar-refractivity contribution in [1.29, 1.82) is 0 Å². The Bertz CT molecular complexity index is 922. The molecule has 0 unspecified atom stereocenters. The minimum atomic E-state index is 0.256. The van der Waals surface area contributed by atoms with Crippen LogP contribution in [0.4, 0.5) is 11.5 Å². The van der Waals surface area contributed by atoms with Crippen LogP contribution in [0.2, 0.25) is 0 Å². The summed E-state index contributed by atoms with van der Waals surface area (Å²) < 4.78 is 7.58. The molecular weight excluding hydrogens is 342 g/mol. The van der Waals surface area contributed by atoms with Crippen LogP contribution in [0, 0.1) is 0 Å². The van der Waals surface area contributed by atoms with E-state index in [9.17, 15) is 0 Å². The van der Waals surface area contributed by atoms with Crippen molar-refractivity contribution in [2.45, 2.75) is 19.9 Å². The molecule has 3 aromatic rings. The molecule has 1 saturated heterocycles. The maximum atomic E-state index is 5.60. The average molecular weight is 367 g/mol. The van der Waals surface area contributed by atoms with E-state index in [1.807, 2.05) is 42.8 Å². The van der Waals surface area contributed by atoms with Gasteiger partial charge in [0.25, 0.3) is 0 Å². The molecule has 1 aromatic carbocycles. The van der Waals surface area contributed by atoms with E-state index in [0.717, 1.165) is 35.7 Å². The molecule has 8 nitrogen and oxygen atoms in total. The van der Waals surface area contributed by atoms with E-state index < -0.39 is 0 Å². The van der Waals surface area contributed by atoms with Crippen LogP contribution in [0.3, 0.4) is 0 Å². The zero-order chi connectivity index (χ0) is 18.8. The number of hydrazine groups is 1. The quantitative estimate of drug-likeness (QED) is 0.669. The number of rotatable bonds is 5. The van der Waals surface area contributed by atoms with Gasteiger partial charge in [0.2, 0.25) is 0 Å². The molecule has 142 valence electrons. The normalized spacial score (nSPS) is 17.4. The number of aromatic nitrogens is 4. The fraction of sp³-hybridized carbons (Fsp3) is 0.421. The number of ether oxygens (including phenoxy) is 1. The first kappa shape index (κ1) is 17.7. The van der Waals surface area contributed by atoms with Gasteiger partial charge in [0.15, 0.2) is 17.3 Å². The van der Waals surface area contributed by atoms with E-state index >= 15 is 0 Å². The Labute approximate surface area is 158 Å². The van der Waals surface area contributed by atoms with Gasteiger partial charge in [-0.2, -0.15) is 0 Å². The number of fused-ring (bicyclic) bond motifs is 1. The minimum absolute atomic E-state index is 0.256. The first-order valence-corrected chi connectivity index (χ1v) is 9.30. The first-order chi connectivity index (χ1) is 13.2. The van der Waals surface area contributed by atoms with Crippen LogP contribution in [0.25, 0.3) is 22.6 Å². The van der Waals surface area contributed by atoms with Crippen LogP contribution in [0.1, 0.15) is 13.8 Å². The molecule has 1 aliphatic rings. The van der Waals surface area contributed by atoms with E-state index in [0.29, 0.717) is 24.7 Å². The second-order valence-electron chi connectivity index (χ2n) is 6.75. The molecule has 1 aliphatic heterocycles. The fourth-order valence-corrected chi connectivity index (χ4v) is 3.30. The van der Waals surface area contributed by atoms with E-state index in [2.05, 4.69) is 27.7 Å². The van der Waals surface area contributed by atoms with Gasteiger partial charge in [-0.3, -0.25) is 0 Å². The van der Waals surface area contributed by atoms with Crippen molar-refractivity contribution in [1.82, 2.24) is 24.9 Å². The molecule has 0 aliphatic carbocycles. The third-order valence-corrected chi connectivity index (χ3v) is 4.75. The van der Waals surface area contributed by atoms with Gasteiger partial charge in [0.1, 0.15) is 5.52 Å². The molecule has 3 heterocycles. The Morgan fingerprint density at radius 2 is 2.04 bits per heavy atom. The zero-order valence-electron chi connectivity index (χ0n) is 15.9. The SMILES string of the molecule is CCNNc1ccc(-c2nc(N3CCOC[C@H]3C)c3c(ncn3C)n2)cc1. The molecule has 27 heavy (non-hydrogen) atoms. The summed E-state index contributed by atoms with van der Waals surface area (Å²) in [5, 5.41) is 0. The Hall–Kier alpha value is -2.71. The number of aryl methyl sites for hydroxylation is 1. The summed E-state index contributed by atoms with van der Waals surface area (Å²) in [4.78, 5) is 16.4. The number of benzene rings is 1. The lowest BCUT2D eigenvalue weighted by Crippen LogP contribution is -2.44. The number of anilines is 2. The van der Waals surface area contributed by atoms with Gasteiger partial charge in [-0.1, -0.05) is 6.92 Å². The van der Waals surface area contributed by atoms with Crippen molar-refractivity contribution >= 4 is 22.7 Å². The molecule has 0 saturated carbocycles. The third-order valence-electron chi connectivity index (χ3n) is 4.75. The minimum Gasteiger partial charge on any atom is -0.377 e. The Kier molecular flexibility index (Phi) is 4.91. The molecule has 1 atom stereocenters. The second kappa shape index (κ2) is 7.50. The van der Waals surface area contributed by atoms with E-state index in [1.54, 1.807) is 6.33 Å². The molecular formula is C19H25N7O. The standard InChI is InChI=1S/C19H25N7O/c1-4-21-24-15-7-5-14(6-8-15)17-22-18-16(25(3)12-20-18)19(23-17)26-9-10-27-11-13(26)2/h5-8,12-13,21,24H,4,9-11H2,1-3H3/t13-/m1/s1. The van der Waals surface area contributed by atoms with Crippen molar-refractivity contribution in [2.75, 3.05) is 36.6 Å². The van der Waals surface area contributed by atoms with Crippen LogP contribution in [0.5, 0.6) is 0 Å². The third kappa shape index (κ3) is 3.45. The van der Waals surface area contributed by atoms with Gasteiger partial charge in [0, 0.05) is 31.4 Å². The summed E-state index contributed by atoms with van der Waals surface area (Å²) in [5.41, 5.74) is 9.88. The van der Waals surface area contributed by atoms with Gasteiger partial charge in [-0.25, -0.2) is 20.4 Å². The largest absolute Gasteiger partial charge is 0.377 e. The van der Waals surface area contributed by atoms with Crippen molar-refractivity contribution in [3.05, 3.63) is 30.6 Å². The van der Waals surface area contributed by atoms with E-state index in [1.165, 1.54) is 0 Å². The van der Waals surface area contributed by atoms with Crippen LogP contribution in [0.15, 0.2) is 30.6 Å². The Balaban J connectivity index is 1.75. The lowest BCUT2D eigenvalue weighted by molar-refractivity contribution is 0.0986. The summed E-state index contributed by atoms with van der Waals surface area (Å²) >= 11 is 0. The highest BCUT2D eigenvalue weighted by Crippen LogP contribution is 2.29. The van der Waals surface area contributed by atoms with Crippen molar-refractivity contribution < 1.29 is 4.74 Å². The highest BCUT2D eigenvalue weighted by molar-refractivity contribution is 5.86. The number of nitrogens with one attached hydrogen (secondary N) is 2. The molecule has 1 fully saturated rings. The summed E-state index contributed by atoms with van der Waals surface area (Å²) in [5.74, 6) is 1.60. The van der Waals surface area contributed by atoms with Gasteiger partial charge in [0.05, 0.1) is 25.6 Å². The molecule has 8 heteroatoms. The zero-order valence-corrected chi connectivity index (χ0v) is 15.9. The maximum Gasteiger partial charge on any atom is 0.183 e. The highest BCUT2D eigenvalue weighted by atomic mass is 16.5. The van der Waals surface area contributed by atoms with Gasteiger partial charge >= 0.3 is 0 Å². The lowest BCUT2D eigenvalue weighted by atomic mass is 10.2.